The average Bonchev–Trinajstić information content (AvgIpc) is 3.12. The van der Waals surface area contributed by atoms with Crippen molar-refractivity contribution >= 4 is 5.69 Å². The first-order chi connectivity index (χ1) is 8.22. The molecule has 0 spiro atoms. The van der Waals surface area contributed by atoms with E-state index in [9.17, 15) is 0 Å². The zero-order valence-corrected chi connectivity index (χ0v) is 11.0. The number of nitrogens with two attached hydrogens (primary N) is 1. The van der Waals surface area contributed by atoms with Gasteiger partial charge in [-0.1, -0.05) is 25.1 Å². The van der Waals surface area contributed by atoms with Gasteiger partial charge in [0.05, 0.1) is 0 Å². The van der Waals surface area contributed by atoms with Crippen LogP contribution < -0.4 is 10.6 Å². The minimum absolute atomic E-state index is 0.116. The number of benzene rings is 1. The van der Waals surface area contributed by atoms with Crippen molar-refractivity contribution in [3.05, 3.63) is 29.8 Å². The van der Waals surface area contributed by atoms with E-state index in [2.05, 4.69) is 43.0 Å². The molecular weight excluding hydrogens is 208 g/mol. The van der Waals surface area contributed by atoms with Crippen molar-refractivity contribution < 1.29 is 0 Å². The van der Waals surface area contributed by atoms with E-state index in [-0.39, 0.29) is 6.04 Å². The molecule has 0 saturated heterocycles. The van der Waals surface area contributed by atoms with Crippen molar-refractivity contribution in [2.24, 2.45) is 11.7 Å². The van der Waals surface area contributed by atoms with Crippen LogP contribution in [0, 0.1) is 5.92 Å². The molecular formula is C15H24N2. The summed E-state index contributed by atoms with van der Waals surface area (Å²) < 4.78 is 0. The molecule has 1 saturated carbocycles. The number of hydrogen-bond donors (Lipinski definition) is 1. The minimum atomic E-state index is 0.116. The first-order valence-corrected chi connectivity index (χ1v) is 6.81. The van der Waals surface area contributed by atoms with E-state index in [1.54, 1.807) is 0 Å². The second-order valence-corrected chi connectivity index (χ2v) is 5.24. The summed E-state index contributed by atoms with van der Waals surface area (Å²) in [7, 11) is 0. The standard InChI is InChI=1S/C15H24N2/c1-3-10-17(11-13-8-9-13)15-7-5-4-6-14(15)12(2)16/h4-7,12-13H,3,8-11,16H2,1-2H3/t12-/m0/s1. The Morgan fingerprint density at radius 3 is 2.65 bits per heavy atom. The molecule has 2 heteroatoms. The molecule has 0 amide bonds. The summed E-state index contributed by atoms with van der Waals surface area (Å²) in [6.45, 7) is 6.66. The highest BCUT2D eigenvalue weighted by Crippen LogP contribution is 2.33. The number of nitrogens with zero attached hydrogens (tertiary/aromatic N) is 1. The van der Waals surface area contributed by atoms with Crippen LogP contribution in [0.2, 0.25) is 0 Å². The Balaban J connectivity index is 2.20. The molecule has 1 aliphatic rings. The molecule has 2 N–H and O–H groups in total. The first kappa shape index (κ1) is 12.4. The van der Waals surface area contributed by atoms with Crippen LogP contribution in [0.15, 0.2) is 24.3 Å². The van der Waals surface area contributed by atoms with E-state index in [0.717, 1.165) is 12.5 Å². The van der Waals surface area contributed by atoms with Crippen LogP contribution in [0.3, 0.4) is 0 Å². The van der Waals surface area contributed by atoms with Gasteiger partial charge in [-0.2, -0.15) is 0 Å². The summed E-state index contributed by atoms with van der Waals surface area (Å²) in [5, 5.41) is 0. The first-order valence-electron chi connectivity index (χ1n) is 6.81. The molecule has 1 aromatic carbocycles. The molecule has 1 fully saturated rings. The molecule has 94 valence electrons. The van der Waals surface area contributed by atoms with Gasteiger partial charge < -0.3 is 10.6 Å². The number of hydrogen-bond acceptors (Lipinski definition) is 2. The van der Waals surface area contributed by atoms with E-state index in [1.807, 2.05) is 0 Å². The Hall–Kier alpha value is -1.02. The van der Waals surface area contributed by atoms with Crippen LogP contribution in [0.4, 0.5) is 5.69 Å². The smallest absolute Gasteiger partial charge is 0.0414 e. The largest absolute Gasteiger partial charge is 0.371 e. The predicted molar refractivity (Wildman–Crippen MR) is 74.3 cm³/mol. The van der Waals surface area contributed by atoms with Gasteiger partial charge in [-0.25, -0.2) is 0 Å². The SMILES string of the molecule is CCCN(CC1CC1)c1ccccc1[C@H](C)N. The molecule has 1 atom stereocenters. The van der Waals surface area contributed by atoms with Crippen LogP contribution in [0.25, 0.3) is 0 Å². The lowest BCUT2D eigenvalue weighted by Crippen LogP contribution is -2.28. The fourth-order valence-electron chi connectivity index (χ4n) is 2.35. The van der Waals surface area contributed by atoms with Gasteiger partial charge in [0.25, 0.3) is 0 Å². The fraction of sp³-hybridized carbons (Fsp3) is 0.600. The number of anilines is 1. The second-order valence-electron chi connectivity index (χ2n) is 5.24. The molecule has 0 bridgehead atoms. The quantitative estimate of drug-likeness (QED) is 0.815. The predicted octanol–water partition coefficient (Wildman–Crippen LogP) is 3.33. The molecule has 2 rings (SSSR count). The number of para-hydroxylation sites is 1. The monoisotopic (exact) mass is 232 g/mol. The highest BCUT2D eigenvalue weighted by atomic mass is 15.1. The summed E-state index contributed by atoms with van der Waals surface area (Å²) in [5.74, 6) is 0.919. The van der Waals surface area contributed by atoms with E-state index < -0.39 is 0 Å². The average molecular weight is 232 g/mol. The van der Waals surface area contributed by atoms with Gasteiger partial charge >= 0.3 is 0 Å². The zero-order chi connectivity index (χ0) is 12.3. The van der Waals surface area contributed by atoms with Crippen LogP contribution in [-0.2, 0) is 0 Å². The highest BCUT2D eigenvalue weighted by molar-refractivity contribution is 5.55. The fourth-order valence-corrected chi connectivity index (χ4v) is 2.35. The maximum absolute atomic E-state index is 6.07. The third-order valence-electron chi connectivity index (χ3n) is 3.44. The molecule has 1 aliphatic carbocycles. The number of rotatable bonds is 6. The van der Waals surface area contributed by atoms with Gasteiger partial charge in [0.15, 0.2) is 0 Å². The van der Waals surface area contributed by atoms with E-state index in [4.69, 9.17) is 5.73 Å². The van der Waals surface area contributed by atoms with Gasteiger partial charge in [0, 0.05) is 24.8 Å². The maximum Gasteiger partial charge on any atom is 0.0414 e. The van der Waals surface area contributed by atoms with Gasteiger partial charge in [-0.15, -0.1) is 0 Å². The summed E-state index contributed by atoms with van der Waals surface area (Å²) in [6.07, 6.45) is 4.00. The lowest BCUT2D eigenvalue weighted by Gasteiger charge is -2.28. The lowest BCUT2D eigenvalue weighted by atomic mass is 10.1. The lowest BCUT2D eigenvalue weighted by molar-refractivity contribution is 0.697. The van der Waals surface area contributed by atoms with Crippen LogP contribution >= 0.6 is 0 Å². The highest BCUT2D eigenvalue weighted by Gasteiger charge is 2.25. The molecule has 17 heavy (non-hydrogen) atoms. The summed E-state index contributed by atoms with van der Waals surface area (Å²) in [6, 6.07) is 8.71. The molecule has 0 aromatic heterocycles. The summed E-state index contributed by atoms with van der Waals surface area (Å²) in [4.78, 5) is 2.52. The molecule has 0 radical (unpaired) electrons. The minimum Gasteiger partial charge on any atom is -0.371 e. The van der Waals surface area contributed by atoms with Gasteiger partial charge in [0.1, 0.15) is 0 Å². The van der Waals surface area contributed by atoms with Crippen LogP contribution in [-0.4, -0.2) is 13.1 Å². The zero-order valence-electron chi connectivity index (χ0n) is 11.0. The summed E-state index contributed by atoms with van der Waals surface area (Å²) >= 11 is 0. The van der Waals surface area contributed by atoms with Gasteiger partial charge in [-0.3, -0.25) is 0 Å². The third-order valence-corrected chi connectivity index (χ3v) is 3.44. The molecule has 0 heterocycles. The normalized spacial score (nSPS) is 16.9. The molecule has 0 unspecified atom stereocenters. The third kappa shape index (κ3) is 3.22. The Morgan fingerprint density at radius 1 is 1.35 bits per heavy atom. The Labute approximate surface area is 105 Å². The van der Waals surface area contributed by atoms with Crippen molar-refractivity contribution in [1.29, 1.82) is 0 Å². The Bertz CT molecular complexity index is 356. The van der Waals surface area contributed by atoms with Crippen molar-refractivity contribution in [2.45, 2.75) is 39.2 Å². The Morgan fingerprint density at radius 2 is 2.06 bits per heavy atom. The van der Waals surface area contributed by atoms with Crippen LogP contribution in [0.5, 0.6) is 0 Å². The van der Waals surface area contributed by atoms with Gasteiger partial charge in [-0.05, 0) is 43.7 Å². The van der Waals surface area contributed by atoms with Crippen LogP contribution in [0.1, 0.15) is 44.7 Å². The maximum atomic E-state index is 6.07. The van der Waals surface area contributed by atoms with E-state index in [1.165, 1.54) is 37.1 Å². The molecule has 1 aromatic rings. The van der Waals surface area contributed by atoms with E-state index >= 15 is 0 Å². The Kier molecular flexibility index (Phi) is 4.06. The molecule has 0 aliphatic heterocycles. The van der Waals surface area contributed by atoms with Crippen molar-refractivity contribution in [3.63, 3.8) is 0 Å². The van der Waals surface area contributed by atoms with Gasteiger partial charge in [0.2, 0.25) is 0 Å². The topological polar surface area (TPSA) is 29.3 Å². The second kappa shape index (κ2) is 5.54. The molecule has 2 nitrogen and oxygen atoms in total. The van der Waals surface area contributed by atoms with Crippen molar-refractivity contribution in [1.82, 2.24) is 0 Å². The van der Waals surface area contributed by atoms with Crippen molar-refractivity contribution in [2.75, 3.05) is 18.0 Å². The van der Waals surface area contributed by atoms with E-state index in [0.29, 0.717) is 0 Å². The summed E-state index contributed by atoms with van der Waals surface area (Å²) in [5.41, 5.74) is 8.69. The van der Waals surface area contributed by atoms with Crippen molar-refractivity contribution in [3.8, 4) is 0 Å².